The summed E-state index contributed by atoms with van der Waals surface area (Å²) in [5.74, 6) is -3.54. The van der Waals surface area contributed by atoms with Crippen LogP contribution in [0.2, 0.25) is 0 Å². The Hall–Kier alpha value is -2.03. The van der Waals surface area contributed by atoms with Crippen LogP contribution in [0.25, 0.3) is 0 Å². The molecule has 28 heavy (non-hydrogen) atoms. The number of methoxy groups -OCH3 is 1. The number of nitrogens with zero attached hydrogens (tertiary/aromatic N) is 1. The van der Waals surface area contributed by atoms with Crippen LogP contribution < -0.4 is 20.1 Å². The normalized spacial score (nSPS) is 22.1. The van der Waals surface area contributed by atoms with Crippen molar-refractivity contribution in [3.8, 4) is 11.8 Å². The van der Waals surface area contributed by atoms with Gasteiger partial charge in [-0.25, -0.2) is 13.2 Å². The maximum Gasteiger partial charge on any atom is 0.253 e. The SMILES string of the molecule is COc1nc(OCC2CCC(F)(F)CC2)c(F)cc1CNC(=O)[C@@H]1CCCN1. The molecule has 156 valence electrons. The molecule has 2 heterocycles. The first kappa shape index (κ1) is 20.7. The van der Waals surface area contributed by atoms with Gasteiger partial charge in [0.1, 0.15) is 0 Å². The fourth-order valence-electron chi connectivity index (χ4n) is 3.58. The maximum atomic E-state index is 14.4. The van der Waals surface area contributed by atoms with Crippen LogP contribution in [0, 0.1) is 11.7 Å². The van der Waals surface area contributed by atoms with E-state index in [4.69, 9.17) is 9.47 Å². The minimum atomic E-state index is -2.61. The first-order chi connectivity index (χ1) is 13.4. The van der Waals surface area contributed by atoms with E-state index in [2.05, 4.69) is 15.6 Å². The monoisotopic (exact) mass is 401 g/mol. The Bertz CT molecular complexity index is 686. The van der Waals surface area contributed by atoms with Crippen molar-refractivity contribution in [1.29, 1.82) is 0 Å². The first-order valence-electron chi connectivity index (χ1n) is 9.63. The number of pyridine rings is 1. The highest BCUT2D eigenvalue weighted by Gasteiger charge is 2.35. The molecule has 3 rings (SSSR count). The van der Waals surface area contributed by atoms with Gasteiger partial charge in [0.15, 0.2) is 5.82 Å². The number of aromatic nitrogens is 1. The minimum absolute atomic E-state index is 0.0512. The van der Waals surface area contributed by atoms with E-state index >= 15 is 0 Å². The largest absolute Gasteiger partial charge is 0.481 e. The lowest BCUT2D eigenvalue weighted by molar-refractivity contribution is -0.122. The van der Waals surface area contributed by atoms with Crippen molar-refractivity contribution in [1.82, 2.24) is 15.6 Å². The molecule has 1 saturated carbocycles. The topological polar surface area (TPSA) is 72.5 Å². The number of hydrogen-bond donors (Lipinski definition) is 2. The van der Waals surface area contributed by atoms with E-state index in [9.17, 15) is 18.0 Å². The molecule has 2 aliphatic rings. The Morgan fingerprint density at radius 2 is 2.07 bits per heavy atom. The Morgan fingerprint density at radius 3 is 2.71 bits per heavy atom. The number of halogens is 3. The van der Waals surface area contributed by atoms with E-state index in [1.165, 1.54) is 13.2 Å². The first-order valence-corrected chi connectivity index (χ1v) is 9.63. The Labute approximate surface area is 162 Å². The molecule has 1 atom stereocenters. The number of amides is 1. The summed E-state index contributed by atoms with van der Waals surface area (Å²) in [6.45, 7) is 1.02. The number of hydrogen-bond acceptors (Lipinski definition) is 5. The standard InChI is InChI=1S/C19H26F3N3O3/c1-27-17-13(10-24-16(26)15-3-2-8-23-15)9-14(20)18(25-17)28-11-12-4-6-19(21,22)7-5-12/h9,12,15,23H,2-8,10-11H2,1H3,(H,24,26)/t15-/m0/s1. The lowest BCUT2D eigenvalue weighted by Crippen LogP contribution is -2.40. The Balaban J connectivity index is 1.57. The molecule has 0 aromatic carbocycles. The van der Waals surface area contributed by atoms with Crippen LogP contribution in [0.15, 0.2) is 6.07 Å². The average molecular weight is 401 g/mol. The van der Waals surface area contributed by atoms with E-state index in [1.54, 1.807) is 0 Å². The van der Waals surface area contributed by atoms with Gasteiger partial charge in [0.2, 0.25) is 17.7 Å². The molecule has 0 unspecified atom stereocenters. The van der Waals surface area contributed by atoms with Crippen molar-refractivity contribution in [3.63, 3.8) is 0 Å². The van der Waals surface area contributed by atoms with Gasteiger partial charge in [-0.2, -0.15) is 4.98 Å². The predicted octanol–water partition coefficient (Wildman–Crippen LogP) is 2.80. The zero-order valence-corrected chi connectivity index (χ0v) is 15.9. The molecule has 0 radical (unpaired) electrons. The number of carbonyl (C=O) groups excluding carboxylic acids is 1. The van der Waals surface area contributed by atoms with Crippen LogP contribution in [0.3, 0.4) is 0 Å². The summed E-state index contributed by atoms with van der Waals surface area (Å²) in [5.41, 5.74) is 0.399. The molecule has 9 heteroatoms. The van der Waals surface area contributed by atoms with Crippen LogP contribution in [0.5, 0.6) is 11.8 Å². The molecule has 1 aliphatic heterocycles. The van der Waals surface area contributed by atoms with E-state index < -0.39 is 11.7 Å². The van der Waals surface area contributed by atoms with E-state index in [0.29, 0.717) is 18.4 Å². The van der Waals surface area contributed by atoms with Crippen molar-refractivity contribution >= 4 is 5.91 Å². The second-order valence-corrected chi connectivity index (χ2v) is 7.42. The minimum Gasteiger partial charge on any atom is -0.481 e. The summed E-state index contributed by atoms with van der Waals surface area (Å²) < 4.78 is 51.4. The lowest BCUT2D eigenvalue weighted by Gasteiger charge is -2.27. The van der Waals surface area contributed by atoms with Gasteiger partial charge in [-0.3, -0.25) is 4.79 Å². The molecule has 2 fully saturated rings. The summed E-state index contributed by atoms with van der Waals surface area (Å²) in [5, 5.41) is 5.85. The molecule has 1 aromatic rings. The number of ether oxygens (including phenoxy) is 2. The van der Waals surface area contributed by atoms with Gasteiger partial charge in [-0.05, 0) is 44.2 Å². The van der Waals surface area contributed by atoms with Gasteiger partial charge in [0, 0.05) is 24.9 Å². The summed E-state index contributed by atoms with van der Waals surface area (Å²) in [6.07, 6.45) is 2.05. The third-order valence-corrected chi connectivity index (χ3v) is 5.30. The third kappa shape index (κ3) is 5.27. The quantitative estimate of drug-likeness (QED) is 0.735. The Morgan fingerprint density at radius 1 is 1.32 bits per heavy atom. The van der Waals surface area contributed by atoms with Crippen LogP contribution in [-0.2, 0) is 11.3 Å². The highest BCUT2D eigenvalue weighted by Crippen LogP contribution is 2.36. The molecule has 0 bridgehead atoms. The molecular formula is C19H26F3N3O3. The van der Waals surface area contributed by atoms with Gasteiger partial charge in [0.25, 0.3) is 5.88 Å². The fraction of sp³-hybridized carbons (Fsp3) is 0.684. The lowest BCUT2D eigenvalue weighted by atomic mass is 9.87. The number of alkyl halides is 2. The van der Waals surface area contributed by atoms with Crippen molar-refractivity contribution in [3.05, 3.63) is 17.4 Å². The van der Waals surface area contributed by atoms with Gasteiger partial charge in [-0.15, -0.1) is 0 Å². The average Bonchev–Trinajstić information content (AvgIpc) is 3.21. The van der Waals surface area contributed by atoms with Crippen molar-refractivity contribution < 1.29 is 27.4 Å². The Kier molecular flexibility index (Phi) is 6.64. The summed E-state index contributed by atoms with van der Waals surface area (Å²) in [6, 6.07) is 0.993. The van der Waals surface area contributed by atoms with Gasteiger partial charge in [0.05, 0.1) is 19.8 Å². The van der Waals surface area contributed by atoms with Crippen molar-refractivity contribution in [2.24, 2.45) is 5.92 Å². The number of rotatable bonds is 7. The van der Waals surface area contributed by atoms with Gasteiger partial charge >= 0.3 is 0 Å². The molecular weight excluding hydrogens is 375 g/mol. The maximum absolute atomic E-state index is 14.4. The van der Waals surface area contributed by atoms with E-state index in [-0.39, 0.29) is 55.6 Å². The summed E-state index contributed by atoms with van der Waals surface area (Å²) in [4.78, 5) is 16.1. The molecule has 0 spiro atoms. The zero-order valence-electron chi connectivity index (χ0n) is 15.9. The second kappa shape index (κ2) is 8.98. The van der Waals surface area contributed by atoms with Crippen LogP contribution in [-0.4, -0.2) is 43.1 Å². The van der Waals surface area contributed by atoms with Gasteiger partial charge < -0.3 is 20.1 Å². The van der Waals surface area contributed by atoms with E-state index in [1.807, 2.05) is 0 Å². The van der Waals surface area contributed by atoms with Crippen LogP contribution >= 0.6 is 0 Å². The highest BCUT2D eigenvalue weighted by molar-refractivity contribution is 5.82. The third-order valence-electron chi connectivity index (χ3n) is 5.30. The van der Waals surface area contributed by atoms with E-state index in [0.717, 1.165) is 19.4 Å². The van der Waals surface area contributed by atoms with Crippen LogP contribution in [0.1, 0.15) is 44.1 Å². The molecule has 1 saturated heterocycles. The van der Waals surface area contributed by atoms with Crippen molar-refractivity contribution in [2.45, 2.75) is 57.0 Å². The smallest absolute Gasteiger partial charge is 0.253 e. The molecule has 2 N–H and O–H groups in total. The molecule has 1 aromatic heterocycles. The van der Waals surface area contributed by atoms with Crippen molar-refractivity contribution in [2.75, 3.05) is 20.3 Å². The second-order valence-electron chi connectivity index (χ2n) is 7.42. The summed E-state index contributed by atoms with van der Waals surface area (Å²) in [7, 11) is 1.40. The van der Waals surface area contributed by atoms with Gasteiger partial charge in [-0.1, -0.05) is 0 Å². The number of carbonyl (C=O) groups is 1. The molecule has 6 nitrogen and oxygen atoms in total. The summed E-state index contributed by atoms with van der Waals surface area (Å²) >= 11 is 0. The number of nitrogens with one attached hydrogen (secondary N) is 2. The fourth-order valence-corrected chi connectivity index (χ4v) is 3.58. The molecule has 1 amide bonds. The highest BCUT2D eigenvalue weighted by atomic mass is 19.3. The predicted molar refractivity (Wildman–Crippen MR) is 96.0 cm³/mol. The molecule has 1 aliphatic carbocycles. The zero-order chi connectivity index (χ0) is 20.1. The van der Waals surface area contributed by atoms with Crippen LogP contribution in [0.4, 0.5) is 13.2 Å².